The number of nitrogens with two attached hydrogens (primary N) is 1. The Morgan fingerprint density at radius 1 is 1.44 bits per heavy atom. The molecule has 0 radical (unpaired) electrons. The minimum atomic E-state index is -0.147. The van der Waals surface area contributed by atoms with Crippen molar-refractivity contribution in [2.24, 2.45) is 0 Å². The van der Waals surface area contributed by atoms with Gasteiger partial charge in [0.2, 0.25) is 5.95 Å². The lowest BCUT2D eigenvalue weighted by Crippen LogP contribution is -2.31. The first-order chi connectivity index (χ1) is 8.54. The van der Waals surface area contributed by atoms with Gasteiger partial charge in [-0.1, -0.05) is 25.6 Å². The molecule has 6 nitrogen and oxygen atoms in total. The zero-order valence-corrected chi connectivity index (χ0v) is 11.2. The van der Waals surface area contributed by atoms with Crippen LogP contribution in [0, 0.1) is 11.6 Å². The van der Waals surface area contributed by atoms with Crippen molar-refractivity contribution in [2.75, 3.05) is 5.73 Å². The third-order valence-electron chi connectivity index (χ3n) is 2.70. The molecule has 0 aromatic carbocycles. The van der Waals surface area contributed by atoms with Crippen molar-refractivity contribution in [3.8, 4) is 0 Å². The van der Waals surface area contributed by atoms with E-state index in [9.17, 15) is 4.79 Å². The maximum absolute atomic E-state index is 12.1. The minimum Gasteiger partial charge on any atom is -0.368 e. The molecule has 7 heteroatoms. The highest BCUT2D eigenvalue weighted by Crippen LogP contribution is 2.05. The zero-order chi connectivity index (χ0) is 13.3. The summed E-state index contributed by atoms with van der Waals surface area (Å²) >= 11 is 5.00. The van der Waals surface area contributed by atoms with Gasteiger partial charge in [-0.25, -0.2) is 14.6 Å². The van der Waals surface area contributed by atoms with Crippen molar-refractivity contribution in [1.29, 1.82) is 0 Å². The van der Waals surface area contributed by atoms with Gasteiger partial charge in [-0.2, -0.15) is 4.52 Å². The predicted octanol–water partition coefficient (Wildman–Crippen LogP) is 1.31. The SMILES string of the molecule is CCCCn1c(=O)c(C)nc2cc(=S)nc(N)n21. The van der Waals surface area contributed by atoms with Crippen LogP contribution < -0.4 is 11.3 Å². The van der Waals surface area contributed by atoms with Gasteiger partial charge in [-0.3, -0.25) is 4.79 Å². The van der Waals surface area contributed by atoms with E-state index in [1.807, 2.05) is 0 Å². The predicted molar refractivity (Wildman–Crippen MR) is 72.1 cm³/mol. The monoisotopic (exact) mass is 265 g/mol. The molecule has 96 valence electrons. The Bertz CT molecular complexity index is 703. The summed E-state index contributed by atoms with van der Waals surface area (Å²) in [5.41, 5.74) is 6.68. The van der Waals surface area contributed by atoms with Gasteiger partial charge < -0.3 is 5.73 Å². The van der Waals surface area contributed by atoms with Crippen molar-refractivity contribution >= 4 is 23.8 Å². The Morgan fingerprint density at radius 2 is 2.17 bits per heavy atom. The van der Waals surface area contributed by atoms with Gasteiger partial charge >= 0.3 is 0 Å². The maximum atomic E-state index is 12.1. The summed E-state index contributed by atoms with van der Waals surface area (Å²) in [6.07, 6.45) is 1.88. The second-order valence-electron chi connectivity index (χ2n) is 4.10. The van der Waals surface area contributed by atoms with Gasteiger partial charge in [-0.15, -0.1) is 0 Å². The second-order valence-corrected chi connectivity index (χ2v) is 4.52. The Kier molecular flexibility index (Phi) is 3.42. The van der Waals surface area contributed by atoms with Gasteiger partial charge in [0.1, 0.15) is 10.3 Å². The lowest BCUT2D eigenvalue weighted by atomic mass is 10.3. The summed E-state index contributed by atoms with van der Waals surface area (Å²) in [7, 11) is 0. The molecule has 2 rings (SSSR count). The summed E-state index contributed by atoms with van der Waals surface area (Å²) in [5.74, 6) is 0.193. The first-order valence-electron chi connectivity index (χ1n) is 5.81. The molecule has 0 unspecified atom stereocenters. The van der Waals surface area contributed by atoms with E-state index < -0.39 is 0 Å². The summed E-state index contributed by atoms with van der Waals surface area (Å²) in [4.78, 5) is 20.3. The molecule has 2 heterocycles. The number of hydrogen-bond acceptors (Lipinski definition) is 5. The quantitative estimate of drug-likeness (QED) is 0.847. The van der Waals surface area contributed by atoms with Crippen LogP contribution in [0.2, 0.25) is 0 Å². The molecule has 0 aliphatic heterocycles. The largest absolute Gasteiger partial charge is 0.368 e. The van der Waals surface area contributed by atoms with Crippen LogP contribution in [0.25, 0.3) is 5.65 Å². The van der Waals surface area contributed by atoms with Gasteiger partial charge in [0.05, 0.1) is 0 Å². The third kappa shape index (κ3) is 2.13. The average molecular weight is 265 g/mol. The second kappa shape index (κ2) is 4.85. The van der Waals surface area contributed by atoms with Crippen LogP contribution >= 0.6 is 12.2 Å². The Balaban J connectivity index is 2.83. The molecule has 0 atom stereocenters. The van der Waals surface area contributed by atoms with Crippen LogP contribution in [0.4, 0.5) is 5.95 Å². The van der Waals surface area contributed by atoms with Gasteiger partial charge in [0.25, 0.3) is 5.56 Å². The minimum absolute atomic E-state index is 0.147. The number of hydrogen-bond donors (Lipinski definition) is 1. The van der Waals surface area contributed by atoms with E-state index in [0.29, 0.717) is 22.5 Å². The molecule has 2 N–H and O–H groups in total. The Morgan fingerprint density at radius 3 is 2.83 bits per heavy atom. The third-order valence-corrected chi connectivity index (χ3v) is 2.91. The highest BCUT2D eigenvalue weighted by Gasteiger charge is 2.09. The lowest BCUT2D eigenvalue weighted by Gasteiger charge is -2.13. The number of aromatic nitrogens is 4. The van der Waals surface area contributed by atoms with Crippen LogP contribution in [0.3, 0.4) is 0 Å². The molecule has 0 fully saturated rings. The number of anilines is 1. The van der Waals surface area contributed by atoms with E-state index >= 15 is 0 Å². The number of rotatable bonds is 3. The molecule has 2 aromatic rings. The van der Waals surface area contributed by atoms with E-state index in [1.165, 1.54) is 4.52 Å². The van der Waals surface area contributed by atoms with Crippen LogP contribution in [0.15, 0.2) is 10.9 Å². The van der Waals surface area contributed by atoms with E-state index in [4.69, 9.17) is 18.0 Å². The zero-order valence-electron chi connectivity index (χ0n) is 10.4. The van der Waals surface area contributed by atoms with Crippen molar-refractivity contribution in [2.45, 2.75) is 33.2 Å². The van der Waals surface area contributed by atoms with E-state index in [1.54, 1.807) is 17.7 Å². The van der Waals surface area contributed by atoms with Crippen LogP contribution in [0.5, 0.6) is 0 Å². The fourth-order valence-corrected chi connectivity index (χ4v) is 2.01. The molecule has 0 amide bonds. The molecule has 0 bridgehead atoms. The summed E-state index contributed by atoms with van der Waals surface area (Å²) < 4.78 is 3.47. The number of fused-ring (bicyclic) bond motifs is 1. The van der Waals surface area contributed by atoms with Gasteiger partial charge in [-0.05, 0) is 13.3 Å². The van der Waals surface area contributed by atoms with E-state index in [0.717, 1.165) is 12.8 Å². The highest BCUT2D eigenvalue weighted by atomic mass is 32.1. The maximum Gasteiger partial charge on any atom is 0.286 e. The number of nitrogens with zero attached hydrogens (tertiary/aromatic N) is 4. The number of aryl methyl sites for hydroxylation is 2. The lowest BCUT2D eigenvalue weighted by molar-refractivity contribution is 0.507. The smallest absolute Gasteiger partial charge is 0.286 e. The molecule has 0 spiro atoms. The van der Waals surface area contributed by atoms with Crippen molar-refractivity contribution < 1.29 is 0 Å². The fourth-order valence-electron chi connectivity index (χ4n) is 1.82. The average Bonchev–Trinajstić information content (AvgIpc) is 2.30. The summed E-state index contributed by atoms with van der Waals surface area (Å²) in [6.45, 7) is 4.34. The molecule has 0 saturated heterocycles. The van der Waals surface area contributed by atoms with Crippen molar-refractivity contribution in [1.82, 2.24) is 19.2 Å². The Labute approximate surface area is 109 Å². The van der Waals surface area contributed by atoms with E-state index in [-0.39, 0.29) is 11.5 Å². The molecule has 0 aliphatic rings. The first kappa shape index (κ1) is 12.7. The Hall–Kier alpha value is -1.76. The molecule has 2 aromatic heterocycles. The van der Waals surface area contributed by atoms with Crippen molar-refractivity contribution in [3.05, 3.63) is 26.8 Å². The van der Waals surface area contributed by atoms with Gasteiger partial charge in [0.15, 0.2) is 5.65 Å². The highest BCUT2D eigenvalue weighted by molar-refractivity contribution is 7.71. The number of nitrogen functional groups attached to an aromatic ring is 1. The molecular formula is C11H15N5OS. The molecule has 0 saturated carbocycles. The first-order valence-corrected chi connectivity index (χ1v) is 6.22. The number of unbranched alkanes of at least 4 members (excludes halogenated alkanes) is 1. The fraction of sp³-hybridized carbons (Fsp3) is 0.455. The van der Waals surface area contributed by atoms with E-state index in [2.05, 4.69) is 16.9 Å². The normalized spacial score (nSPS) is 11.0. The van der Waals surface area contributed by atoms with Crippen LogP contribution in [0.1, 0.15) is 25.5 Å². The molecular weight excluding hydrogens is 250 g/mol. The van der Waals surface area contributed by atoms with Gasteiger partial charge in [0, 0.05) is 12.6 Å². The summed E-state index contributed by atoms with van der Waals surface area (Å²) in [6, 6.07) is 1.64. The van der Waals surface area contributed by atoms with Crippen molar-refractivity contribution in [3.63, 3.8) is 0 Å². The molecule has 18 heavy (non-hydrogen) atoms. The van der Waals surface area contributed by atoms with Crippen LogP contribution in [-0.4, -0.2) is 19.2 Å². The topological polar surface area (TPSA) is 78.2 Å². The standard InChI is InChI=1S/C11H15N5OS/c1-3-4-5-15-10(17)7(2)13-8-6-9(18)14-11(12)16(8)15/h6H,3-5H2,1-2H3,(H2,12,14,18). The molecule has 0 aliphatic carbocycles. The van der Waals surface area contributed by atoms with Crippen LogP contribution in [-0.2, 0) is 6.54 Å². The summed E-state index contributed by atoms with van der Waals surface area (Å²) in [5, 5.41) is 0.